The lowest BCUT2D eigenvalue weighted by Gasteiger charge is -2.48. The monoisotopic (exact) mass is 373 g/mol. The van der Waals surface area contributed by atoms with Crippen molar-refractivity contribution in [3.05, 3.63) is 16.5 Å². The molecule has 0 bridgehead atoms. The number of carboxylic acids is 1. The Morgan fingerprint density at radius 2 is 2.33 bits per heavy atom. The Bertz CT molecular complexity index is 640. The van der Waals surface area contributed by atoms with Crippen LogP contribution in [0, 0.1) is 5.21 Å². The number of hydrogen-bond donors (Lipinski definition) is 3. The molecule has 3 rings (SSSR count). The Labute approximate surface area is 147 Å². The van der Waals surface area contributed by atoms with Gasteiger partial charge in [0, 0.05) is 18.4 Å². The molecule has 3 aliphatic rings. The topological polar surface area (TPSA) is 127 Å². The van der Waals surface area contributed by atoms with Gasteiger partial charge in [-0.2, -0.15) is 4.31 Å². The molecule has 0 saturated carbocycles. The van der Waals surface area contributed by atoms with E-state index in [1.165, 1.54) is 28.6 Å². The largest absolute Gasteiger partial charge is 0.627 e. The second-order valence-electron chi connectivity index (χ2n) is 5.81. The fourth-order valence-corrected chi connectivity index (χ4v) is 5.26. The number of β-lactam (4-membered cyclic amide) rings is 1. The Morgan fingerprint density at radius 1 is 1.62 bits per heavy atom. The molecular weight excluding hydrogens is 354 g/mol. The summed E-state index contributed by atoms with van der Waals surface area (Å²) in [6, 6.07) is -0.629. The molecule has 24 heavy (non-hydrogen) atoms. The van der Waals surface area contributed by atoms with Gasteiger partial charge in [0.05, 0.1) is 0 Å². The van der Waals surface area contributed by atoms with Gasteiger partial charge in [0.2, 0.25) is 5.91 Å². The number of nitrogens with one attached hydrogen (secondary N) is 1. The number of aliphatic carboxylic acids is 1. The molecule has 0 spiro atoms. The summed E-state index contributed by atoms with van der Waals surface area (Å²) in [5, 5.41) is 21.0. The number of nitrogens with zero attached hydrogens (tertiary/aromatic N) is 3. The van der Waals surface area contributed by atoms with Gasteiger partial charge in [0.1, 0.15) is 29.9 Å². The molecule has 0 aromatic carbocycles. The van der Waals surface area contributed by atoms with Crippen molar-refractivity contribution < 1.29 is 19.8 Å². The molecule has 9 nitrogen and oxygen atoms in total. The Balaban J connectivity index is 1.74. The van der Waals surface area contributed by atoms with E-state index in [9.17, 15) is 19.9 Å². The van der Waals surface area contributed by atoms with E-state index in [0.29, 0.717) is 22.9 Å². The molecule has 3 aliphatic heterocycles. The first-order valence-corrected chi connectivity index (χ1v) is 9.43. The van der Waals surface area contributed by atoms with Crippen molar-refractivity contribution in [2.75, 3.05) is 18.2 Å². The normalized spacial score (nSPS) is 33.9. The summed E-state index contributed by atoms with van der Waals surface area (Å²) in [6.45, 7) is 3.84. The van der Waals surface area contributed by atoms with Crippen LogP contribution in [-0.2, 0) is 9.59 Å². The van der Waals surface area contributed by atoms with Gasteiger partial charge in [-0.25, -0.2) is 9.79 Å². The summed E-state index contributed by atoms with van der Waals surface area (Å²) >= 11 is 2.84. The van der Waals surface area contributed by atoms with Gasteiger partial charge in [-0.1, -0.05) is 11.9 Å². The minimum absolute atomic E-state index is 0.0324. The predicted molar refractivity (Wildman–Crippen MR) is 91.8 cm³/mol. The predicted octanol–water partition coefficient (Wildman–Crippen LogP) is -1.36. The fourth-order valence-electron chi connectivity index (χ4n) is 2.81. The Hall–Kier alpha value is -1.11. The maximum atomic E-state index is 11.9. The third-order valence-electron chi connectivity index (χ3n) is 4.20. The van der Waals surface area contributed by atoms with Gasteiger partial charge in [0.15, 0.2) is 5.84 Å². The molecule has 1 fully saturated rings. The first-order valence-electron chi connectivity index (χ1n) is 7.44. The number of carbonyl (C=O) groups excluding carboxylic acids is 1. The molecule has 3 heterocycles. The van der Waals surface area contributed by atoms with Crippen LogP contribution < -0.4 is 10.8 Å². The molecule has 11 heteroatoms. The highest BCUT2D eigenvalue weighted by atomic mass is 32.2. The summed E-state index contributed by atoms with van der Waals surface area (Å²) in [7, 11) is 0. The number of hydrogen-bond acceptors (Lipinski definition) is 8. The summed E-state index contributed by atoms with van der Waals surface area (Å²) in [6.07, 6.45) is -0.148. The van der Waals surface area contributed by atoms with E-state index in [1.54, 1.807) is 6.92 Å². The summed E-state index contributed by atoms with van der Waals surface area (Å²) in [5.41, 5.74) is 6.43. The van der Waals surface area contributed by atoms with Crippen LogP contribution in [0.2, 0.25) is 0 Å². The molecule has 1 saturated heterocycles. The number of thioether (sulfide) groups is 1. The minimum Gasteiger partial charge on any atom is -0.627 e. The van der Waals surface area contributed by atoms with Crippen molar-refractivity contribution in [3.63, 3.8) is 0 Å². The average Bonchev–Trinajstić information content (AvgIpc) is 2.55. The number of amidine groups is 1. The maximum Gasteiger partial charge on any atom is 0.352 e. The first kappa shape index (κ1) is 17.7. The van der Waals surface area contributed by atoms with E-state index in [1.807, 2.05) is 11.2 Å². The number of amides is 1. The third kappa shape index (κ3) is 2.95. The molecule has 1 amide bonds. The van der Waals surface area contributed by atoms with Gasteiger partial charge < -0.3 is 21.1 Å². The fraction of sp³-hybridized carbons (Fsp3) is 0.615. The zero-order chi connectivity index (χ0) is 17.6. The van der Waals surface area contributed by atoms with Crippen LogP contribution in [-0.4, -0.2) is 67.8 Å². The van der Waals surface area contributed by atoms with Gasteiger partial charge in [-0.05, 0) is 12.5 Å². The number of quaternary nitrogens is 1. The Morgan fingerprint density at radius 3 is 3.00 bits per heavy atom. The zero-order valence-corrected chi connectivity index (χ0v) is 14.9. The van der Waals surface area contributed by atoms with E-state index in [-0.39, 0.29) is 34.9 Å². The molecular formula is C13H19N5O4S2. The first-order chi connectivity index (χ1) is 11.3. The standard InChI is InChI=1S/C13H19N5O4S2/c1-6-15-7(2)17(5-16(6)22)24-4-8-3-23-12-9(14)11(19)18(12)10(8)13(20)21/h7,9,12,16H,3-5,14H2,1-2H3,(H,20,21)/t7?,9-,12-/m1/s1. The lowest BCUT2D eigenvalue weighted by molar-refractivity contribution is -0.763. The molecule has 4 atom stereocenters. The number of nitrogens with two attached hydrogens (primary N) is 1. The second-order valence-corrected chi connectivity index (χ2v) is 7.93. The van der Waals surface area contributed by atoms with Crippen molar-refractivity contribution >= 4 is 41.4 Å². The summed E-state index contributed by atoms with van der Waals surface area (Å²) in [4.78, 5) is 29.1. The van der Waals surface area contributed by atoms with E-state index >= 15 is 0 Å². The van der Waals surface area contributed by atoms with Crippen molar-refractivity contribution in [1.82, 2.24) is 9.21 Å². The number of aliphatic imine (C=N–C) groups is 1. The smallest absolute Gasteiger partial charge is 0.352 e. The highest BCUT2D eigenvalue weighted by Gasteiger charge is 2.51. The van der Waals surface area contributed by atoms with Crippen LogP contribution in [0.5, 0.6) is 0 Å². The average molecular weight is 373 g/mol. The van der Waals surface area contributed by atoms with Gasteiger partial charge in [-0.15, -0.1) is 11.8 Å². The van der Waals surface area contributed by atoms with Crippen LogP contribution in [0.3, 0.4) is 0 Å². The molecule has 2 unspecified atom stereocenters. The van der Waals surface area contributed by atoms with E-state index in [2.05, 4.69) is 4.99 Å². The number of carboxylic acid groups (broad SMARTS) is 1. The number of rotatable bonds is 4. The van der Waals surface area contributed by atoms with Crippen molar-refractivity contribution in [3.8, 4) is 0 Å². The number of fused-ring (bicyclic) bond motifs is 1. The lowest BCUT2D eigenvalue weighted by atomic mass is 10.0. The third-order valence-corrected chi connectivity index (χ3v) is 6.80. The van der Waals surface area contributed by atoms with E-state index < -0.39 is 12.0 Å². The van der Waals surface area contributed by atoms with E-state index in [0.717, 1.165) is 0 Å². The van der Waals surface area contributed by atoms with Crippen LogP contribution in [0.15, 0.2) is 16.3 Å². The molecule has 4 N–H and O–H groups in total. The van der Waals surface area contributed by atoms with Crippen molar-refractivity contribution in [2.45, 2.75) is 31.4 Å². The molecule has 132 valence electrons. The second kappa shape index (κ2) is 6.65. The quantitative estimate of drug-likeness (QED) is 0.313. The van der Waals surface area contributed by atoms with Gasteiger partial charge in [-0.3, -0.25) is 9.69 Å². The lowest BCUT2D eigenvalue weighted by Crippen LogP contribution is -3.12. The summed E-state index contributed by atoms with van der Waals surface area (Å²) in [5.74, 6) is -0.0513. The molecule has 0 aromatic rings. The number of carbonyl (C=O) groups is 2. The van der Waals surface area contributed by atoms with Gasteiger partial charge in [0.25, 0.3) is 0 Å². The Kier molecular flexibility index (Phi) is 4.91. The summed E-state index contributed by atoms with van der Waals surface area (Å²) < 4.78 is 1.84. The van der Waals surface area contributed by atoms with Crippen LogP contribution >= 0.6 is 23.7 Å². The number of hydroxylamine groups is 2. The van der Waals surface area contributed by atoms with Crippen LogP contribution in [0.1, 0.15) is 13.8 Å². The highest BCUT2D eigenvalue weighted by molar-refractivity contribution is 8.00. The zero-order valence-electron chi connectivity index (χ0n) is 13.3. The van der Waals surface area contributed by atoms with Gasteiger partial charge >= 0.3 is 5.97 Å². The van der Waals surface area contributed by atoms with Crippen molar-refractivity contribution in [2.24, 2.45) is 10.7 Å². The molecule has 0 aliphatic carbocycles. The molecule has 0 aromatic heterocycles. The highest BCUT2D eigenvalue weighted by Crippen LogP contribution is 2.40. The van der Waals surface area contributed by atoms with Crippen LogP contribution in [0.4, 0.5) is 0 Å². The van der Waals surface area contributed by atoms with Crippen LogP contribution in [0.25, 0.3) is 0 Å². The SMILES string of the molecule is CC1=NC(C)N(SCC2=C(C(=O)O)N3C(=O)[C@@H](N)[C@H]3SC2)C[NH+]1[O-]. The molecule has 0 radical (unpaired) electrons. The van der Waals surface area contributed by atoms with Crippen molar-refractivity contribution in [1.29, 1.82) is 0 Å². The maximum absolute atomic E-state index is 11.9. The minimum atomic E-state index is -1.12. The van der Waals surface area contributed by atoms with E-state index in [4.69, 9.17) is 5.73 Å².